The first-order chi connectivity index (χ1) is 14.3. The van der Waals surface area contributed by atoms with Gasteiger partial charge >= 0.3 is 0 Å². The molecule has 0 aliphatic rings. The second-order valence-corrected chi connectivity index (χ2v) is 6.26. The molecule has 1 heterocycles. The number of nitrogens with one attached hydrogen (secondary N) is 2. The van der Waals surface area contributed by atoms with Crippen LogP contribution in [-0.4, -0.2) is 38.3 Å². The number of methoxy groups -OCH3 is 1. The summed E-state index contributed by atoms with van der Waals surface area (Å²) in [5.74, 6) is 2.73. The number of rotatable bonds is 9. The summed E-state index contributed by atoms with van der Waals surface area (Å²) in [6, 6.07) is 17.6. The van der Waals surface area contributed by atoms with Crippen LogP contribution < -0.4 is 15.4 Å². The molecular weight excluding hydrogens is 368 g/mol. The SMILES string of the molecule is CN=C(NCc1ncc(-c2ccccc2)o1)Nc1cccc(OCCCOC)c1. The fraction of sp³-hybridized carbons (Fsp3) is 0.273. The minimum Gasteiger partial charge on any atom is -0.493 e. The lowest BCUT2D eigenvalue weighted by Crippen LogP contribution is -2.30. The van der Waals surface area contributed by atoms with Crippen molar-refractivity contribution in [2.45, 2.75) is 13.0 Å². The van der Waals surface area contributed by atoms with Crippen molar-refractivity contribution in [1.29, 1.82) is 0 Å². The zero-order valence-electron chi connectivity index (χ0n) is 16.7. The van der Waals surface area contributed by atoms with Crippen LogP contribution in [0.3, 0.4) is 0 Å². The van der Waals surface area contributed by atoms with E-state index in [1.54, 1.807) is 20.4 Å². The number of aromatic nitrogens is 1. The van der Waals surface area contributed by atoms with E-state index in [4.69, 9.17) is 13.9 Å². The third-order valence-electron chi connectivity index (χ3n) is 4.10. The standard InChI is InChI=1S/C22H26N4O3/c1-23-22(26-18-10-6-11-19(14-18)28-13-7-12-27-2)25-16-21-24-15-20(29-21)17-8-4-3-5-9-17/h3-6,8-11,14-15H,7,12-13,16H2,1-2H3,(H2,23,25,26). The number of anilines is 1. The topological polar surface area (TPSA) is 80.9 Å². The maximum Gasteiger partial charge on any atom is 0.214 e. The van der Waals surface area contributed by atoms with Gasteiger partial charge in [-0.15, -0.1) is 0 Å². The van der Waals surface area contributed by atoms with Gasteiger partial charge in [0, 0.05) is 44.5 Å². The van der Waals surface area contributed by atoms with Gasteiger partial charge in [0.05, 0.1) is 19.3 Å². The molecule has 0 spiro atoms. The van der Waals surface area contributed by atoms with Crippen LogP contribution in [0.1, 0.15) is 12.3 Å². The van der Waals surface area contributed by atoms with Crippen LogP contribution in [0, 0.1) is 0 Å². The number of hydrogen-bond acceptors (Lipinski definition) is 5. The highest BCUT2D eigenvalue weighted by atomic mass is 16.5. The summed E-state index contributed by atoms with van der Waals surface area (Å²) in [6.45, 7) is 1.71. The summed E-state index contributed by atoms with van der Waals surface area (Å²) in [4.78, 5) is 8.57. The molecule has 0 amide bonds. The summed E-state index contributed by atoms with van der Waals surface area (Å²) >= 11 is 0. The highest BCUT2D eigenvalue weighted by molar-refractivity contribution is 5.93. The Balaban J connectivity index is 1.53. The van der Waals surface area contributed by atoms with Gasteiger partial charge in [-0.1, -0.05) is 36.4 Å². The molecule has 0 fully saturated rings. The van der Waals surface area contributed by atoms with Gasteiger partial charge in [0.25, 0.3) is 0 Å². The minimum absolute atomic E-state index is 0.416. The summed E-state index contributed by atoms with van der Waals surface area (Å²) in [5, 5.41) is 6.45. The molecule has 152 valence electrons. The Bertz CT molecular complexity index is 909. The molecule has 0 saturated heterocycles. The van der Waals surface area contributed by atoms with Crippen molar-refractivity contribution in [1.82, 2.24) is 10.3 Å². The average Bonchev–Trinajstić information content (AvgIpc) is 3.24. The Morgan fingerprint density at radius 2 is 1.97 bits per heavy atom. The van der Waals surface area contributed by atoms with Crippen LogP contribution in [0.25, 0.3) is 11.3 Å². The second-order valence-electron chi connectivity index (χ2n) is 6.26. The van der Waals surface area contributed by atoms with Crippen LogP contribution in [-0.2, 0) is 11.3 Å². The molecule has 0 radical (unpaired) electrons. The molecule has 0 saturated carbocycles. The molecule has 1 aromatic heterocycles. The fourth-order valence-corrected chi connectivity index (χ4v) is 2.66. The molecule has 0 atom stereocenters. The van der Waals surface area contributed by atoms with Crippen LogP contribution >= 0.6 is 0 Å². The molecule has 0 aliphatic heterocycles. The van der Waals surface area contributed by atoms with E-state index < -0.39 is 0 Å². The first-order valence-corrected chi connectivity index (χ1v) is 9.48. The van der Waals surface area contributed by atoms with Crippen molar-refractivity contribution in [3.63, 3.8) is 0 Å². The maximum absolute atomic E-state index is 5.81. The van der Waals surface area contributed by atoms with Crippen molar-refractivity contribution in [3.05, 3.63) is 66.7 Å². The van der Waals surface area contributed by atoms with E-state index >= 15 is 0 Å². The monoisotopic (exact) mass is 394 g/mol. The van der Waals surface area contributed by atoms with Gasteiger partial charge in [-0.3, -0.25) is 4.99 Å². The van der Waals surface area contributed by atoms with Crippen molar-refractivity contribution in [3.8, 4) is 17.1 Å². The lowest BCUT2D eigenvalue weighted by atomic mass is 10.2. The van der Waals surface area contributed by atoms with Gasteiger partial charge in [0.1, 0.15) is 5.75 Å². The Kier molecular flexibility index (Phi) is 7.65. The number of guanidine groups is 1. The van der Waals surface area contributed by atoms with Gasteiger partial charge in [-0.2, -0.15) is 0 Å². The molecular formula is C22H26N4O3. The summed E-state index contributed by atoms with van der Waals surface area (Å²) in [6.07, 6.45) is 2.57. The van der Waals surface area contributed by atoms with Crippen molar-refractivity contribution >= 4 is 11.6 Å². The van der Waals surface area contributed by atoms with Crippen LogP contribution in [0.4, 0.5) is 5.69 Å². The lowest BCUT2D eigenvalue weighted by Gasteiger charge is -2.12. The number of hydrogen-bond donors (Lipinski definition) is 2. The zero-order valence-corrected chi connectivity index (χ0v) is 16.7. The van der Waals surface area contributed by atoms with E-state index in [-0.39, 0.29) is 0 Å². The zero-order chi connectivity index (χ0) is 20.3. The van der Waals surface area contributed by atoms with E-state index in [1.165, 1.54) is 0 Å². The first-order valence-electron chi connectivity index (χ1n) is 9.48. The minimum atomic E-state index is 0.416. The second kappa shape index (κ2) is 10.9. The molecule has 3 aromatic rings. The van der Waals surface area contributed by atoms with E-state index in [1.807, 2.05) is 54.6 Å². The molecule has 2 N–H and O–H groups in total. The lowest BCUT2D eigenvalue weighted by molar-refractivity contribution is 0.172. The molecule has 2 aromatic carbocycles. The number of benzene rings is 2. The van der Waals surface area contributed by atoms with E-state index in [9.17, 15) is 0 Å². The van der Waals surface area contributed by atoms with Crippen molar-refractivity contribution < 1.29 is 13.9 Å². The third-order valence-corrected chi connectivity index (χ3v) is 4.10. The van der Waals surface area contributed by atoms with Gasteiger partial charge in [0.2, 0.25) is 5.89 Å². The number of aliphatic imine (C=N–C) groups is 1. The number of nitrogens with zero attached hydrogens (tertiary/aromatic N) is 2. The van der Waals surface area contributed by atoms with Crippen LogP contribution in [0.2, 0.25) is 0 Å². The maximum atomic E-state index is 5.81. The van der Waals surface area contributed by atoms with Gasteiger partial charge < -0.3 is 24.5 Å². The summed E-state index contributed by atoms with van der Waals surface area (Å²) < 4.78 is 16.6. The number of ether oxygens (including phenoxy) is 2. The van der Waals surface area contributed by atoms with E-state index in [2.05, 4.69) is 20.6 Å². The van der Waals surface area contributed by atoms with Crippen molar-refractivity contribution in [2.24, 2.45) is 4.99 Å². The quantitative estimate of drug-likeness (QED) is 0.325. The average molecular weight is 394 g/mol. The van der Waals surface area contributed by atoms with Gasteiger partial charge in [-0.25, -0.2) is 4.98 Å². The molecule has 0 aliphatic carbocycles. The summed E-state index contributed by atoms with van der Waals surface area (Å²) in [5.41, 5.74) is 1.87. The molecule has 3 rings (SSSR count). The fourth-order valence-electron chi connectivity index (χ4n) is 2.66. The normalized spacial score (nSPS) is 11.3. The Hall–Kier alpha value is -3.32. The molecule has 7 heteroatoms. The highest BCUT2D eigenvalue weighted by Gasteiger charge is 2.07. The predicted octanol–water partition coefficient (Wildman–Crippen LogP) is 3.94. The van der Waals surface area contributed by atoms with Crippen molar-refractivity contribution in [2.75, 3.05) is 32.7 Å². The predicted molar refractivity (Wildman–Crippen MR) is 114 cm³/mol. The smallest absolute Gasteiger partial charge is 0.214 e. The third kappa shape index (κ3) is 6.36. The van der Waals surface area contributed by atoms with Gasteiger partial charge in [0.15, 0.2) is 11.7 Å². The molecule has 29 heavy (non-hydrogen) atoms. The van der Waals surface area contributed by atoms with Crippen LogP contribution in [0.15, 0.2) is 70.2 Å². The molecule has 7 nitrogen and oxygen atoms in total. The molecule has 0 bridgehead atoms. The van der Waals surface area contributed by atoms with E-state index in [0.29, 0.717) is 31.6 Å². The first kappa shape index (κ1) is 20.4. The van der Waals surface area contributed by atoms with E-state index in [0.717, 1.165) is 29.2 Å². The van der Waals surface area contributed by atoms with Gasteiger partial charge in [-0.05, 0) is 12.1 Å². The highest BCUT2D eigenvalue weighted by Crippen LogP contribution is 2.20. The van der Waals surface area contributed by atoms with Crippen LogP contribution in [0.5, 0.6) is 5.75 Å². The Morgan fingerprint density at radius 1 is 1.10 bits per heavy atom. The largest absolute Gasteiger partial charge is 0.493 e. The summed E-state index contributed by atoms with van der Waals surface area (Å²) in [7, 11) is 3.40. The number of oxazole rings is 1. The Morgan fingerprint density at radius 3 is 2.76 bits per heavy atom. The Labute approximate surface area is 170 Å². The molecule has 0 unspecified atom stereocenters.